The minimum absolute atomic E-state index is 0.501. The zero-order valence-corrected chi connectivity index (χ0v) is 14.9. The molecule has 1 atom stereocenters. The van der Waals surface area contributed by atoms with Crippen LogP contribution in [0, 0.1) is 31.1 Å². The molecule has 0 spiro atoms. The van der Waals surface area contributed by atoms with Gasteiger partial charge in [-0.15, -0.1) is 5.10 Å². The molecule has 0 aliphatic carbocycles. The Kier molecular flexibility index (Phi) is 5.03. The summed E-state index contributed by atoms with van der Waals surface area (Å²) in [6.45, 7) is 6.56. The largest absolute Gasteiger partial charge is 0.497 e. The molecule has 6 heteroatoms. The summed E-state index contributed by atoms with van der Waals surface area (Å²) in [4.78, 5) is 2.37. The van der Waals surface area contributed by atoms with E-state index in [1.807, 2.05) is 26.0 Å². The second kappa shape index (κ2) is 7.39. The Bertz CT molecular complexity index is 799. The number of anilines is 2. The lowest BCUT2D eigenvalue weighted by molar-refractivity contribution is 0.415. The third kappa shape index (κ3) is 3.66. The topological polar surface area (TPSA) is 74.1 Å². The Balaban J connectivity index is 1.63. The lowest BCUT2D eigenvalue weighted by Gasteiger charge is -2.19. The standard InChI is InChI=1S/C19H23N5O/c1-13-14(2)22-23-19(18(13)10-20)21-11-15-7-8-24(12-15)16-5-4-6-17(9-16)25-3/h4-6,9,15H,7-8,11-12H2,1-3H3,(H,21,23). The van der Waals surface area contributed by atoms with Crippen molar-refractivity contribution < 1.29 is 4.74 Å². The lowest BCUT2D eigenvalue weighted by Crippen LogP contribution is -2.23. The molecule has 1 N–H and O–H groups in total. The summed E-state index contributed by atoms with van der Waals surface area (Å²) in [6, 6.07) is 10.4. The molecule has 130 valence electrons. The van der Waals surface area contributed by atoms with Gasteiger partial charge in [0.25, 0.3) is 0 Å². The maximum Gasteiger partial charge on any atom is 0.166 e. The molecule has 0 amide bonds. The fourth-order valence-electron chi connectivity index (χ4n) is 3.15. The Morgan fingerprint density at radius 1 is 1.36 bits per heavy atom. The highest BCUT2D eigenvalue weighted by Gasteiger charge is 2.23. The van der Waals surface area contributed by atoms with E-state index in [2.05, 4.69) is 38.6 Å². The van der Waals surface area contributed by atoms with Crippen LogP contribution in [0.4, 0.5) is 11.5 Å². The Morgan fingerprint density at radius 3 is 2.96 bits per heavy atom. The van der Waals surface area contributed by atoms with Crippen LogP contribution < -0.4 is 15.0 Å². The van der Waals surface area contributed by atoms with Crippen molar-refractivity contribution in [1.82, 2.24) is 10.2 Å². The van der Waals surface area contributed by atoms with Crippen molar-refractivity contribution in [1.29, 1.82) is 5.26 Å². The molecule has 2 heterocycles. The Morgan fingerprint density at radius 2 is 2.20 bits per heavy atom. The molecule has 0 radical (unpaired) electrons. The number of hydrogen-bond acceptors (Lipinski definition) is 6. The minimum atomic E-state index is 0.501. The molecule has 2 aromatic rings. The molecular formula is C19H23N5O. The number of aryl methyl sites for hydroxylation is 1. The van der Waals surface area contributed by atoms with Crippen LogP contribution in [-0.4, -0.2) is 36.9 Å². The van der Waals surface area contributed by atoms with E-state index in [1.54, 1.807) is 7.11 Å². The first kappa shape index (κ1) is 17.0. The highest BCUT2D eigenvalue weighted by atomic mass is 16.5. The number of nitrogens with zero attached hydrogens (tertiary/aromatic N) is 4. The molecule has 1 saturated heterocycles. The van der Waals surface area contributed by atoms with Gasteiger partial charge in [-0.1, -0.05) is 6.07 Å². The number of nitriles is 1. The molecule has 1 aromatic carbocycles. The summed E-state index contributed by atoms with van der Waals surface area (Å²) in [6.07, 6.45) is 1.10. The van der Waals surface area contributed by atoms with Crippen molar-refractivity contribution in [3.8, 4) is 11.8 Å². The van der Waals surface area contributed by atoms with Gasteiger partial charge in [-0.05, 0) is 43.9 Å². The van der Waals surface area contributed by atoms with Crippen LogP contribution in [-0.2, 0) is 0 Å². The van der Waals surface area contributed by atoms with E-state index in [1.165, 1.54) is 5.69 Å². The van der Waals surface area contributed by atoms with Crippen molar-refractivity contribution in [2.45, 2.75) is 20.3 Å². The molecule has 1 aromatic heterocycles. The summed E-state index contributed by atoms with van der Waals surface area (Å²) in [7, 11) is 1.69. The van der Waals surface area contributed by atoms with E-state index in [0.29, 0.717) is 17.3 Å². The number of rotatable bonds is 5. The normalized spacial score (nSPS) is 16.6. The number of aromatic nitrogens is 2. The van der Waals surface area contributed by atoms with Gasteiger partial charge in [0.1, 0.15) is 17.4 Å². The molecule has 1 aliphatic rings. The second-order valence-corrected chi connectivity index (χ2v) is 6.43. The first-order valence-corrected chi connectivity index (χ1v) is 8.49. The molecule has 6 nitrogen and oxygen atoms in total. The van der Waals surface area contributed by atoms with Gasteiger partial charge in [0.15, 0.2) is 5.82 Å². The number of ether oxygens (including phenoxy) is 1. The average molecular weight is 337 g/mol. The number of nitrogens with one attached hydrogen (secondary N) is 1. The van der Waals surface area contributed by atoms with E-state index >= 15 is 0 Å². The van der Waals surface area contributed by atoms with Crippen LogP contribution in [0.3, 0.4) is 0 Å². The third-order valence-corrected chi connectivity index (χ3v) is 4.83. The molecule has 1 fully saturated rings. The summed E-state index contributed by atoms with van der Waals surface area (Å²) < 4.78 is 5.31. The van der Waals surface area contributed by atoms with Crippen molar-refractivity contribution in [3.63, 3.8) is 0 Å². The highest BCUT2D eigenvalue weighted by Crippen LogP contribution is 2.27. The quantitative estimate of drug-likeness (QED) is 0.904. The van der Waals surface area contributed by atoms with E-state index in [9.17, 15) is 5.26 Å². The van der Waals surface area contributed by atoms with Crippen molar-refractivity contribution in [2.24, 2.45) is 5.92 Å². The van der Waals surface area contributed by atoms with E-state index < -0.39 is 0 Å². The third-order valence-electron chi connectivity index (χ3n) is 4.83. The summed E-state index contributed by atoms with van der Waals surface area (Å²) in [5.41, 5.74) is 3.47. The molecular weight excluding hydrogens is 314 g/mol. The monoisotopic (exact) mass is 337 g/mol. The smallest absolute Gasteiger partial charge is 0.166 e. The SMILES string of the molecule is COc1cccc(N2CCC(CNc3nnc(C)c(C)c3C#N)C2)c1. The van der Waals surface area contributed by atoms with E-state index in [-0.39, 0.29) is 0 Å². The predicted octanol–water partition coefficient (Wildman–Crippen LogP) is 2.91. The van der Waals surface area contributed by atoms with E-state index in [0.717, 1.165) is 43.1 Å². The first-order valence-electron chi connectivity index (χ1n) is 8.49. The molecule has 1 aliphatic heterocycles. The average Bonchev–Trinajstić information content (AvgIpc) is 3.12. The van der Waals surface area contributed by atoms with Crippen molar-refractivity contribution >= 4 is 11.5 Å². The summed E-state index contributed by atoms with van der Waals surface area (Å²) in [5.74, 6) is 1.97. The van der Waals surface area contributed by atoms with Crippen LogP contribution in [0.5, 0.6) is 5.75 Å². The molecule has 0 saturated carbocycles. The van der Waals surface area contributed by atoms with Crippen LogP contribution >= 0.6 is 0 Å². The molecule has 3 rings (SSSR count). The van der Waals surface area contributed by atoms with E-state index in [4.69, 9.17) is 4.74 Å². The van der Waals surface area contributed by atoms with Gasteiger partial charge in [0, 0.05) is 31.4 Å². The summed E-state index contributed by atoms with van der Waals surface area (Å²) in [5, 5.41) is 21.0. The molecule has 25 heavy (non-hydrogen) atoms. The van der Waals surface area contributed by atoms with Gasteiger partial charge in [-0.25, -0.2) is 0 Å². The zero-order chi connectivity index (χ0) is 17.8. The van der Waals surface area contributed by atoms with Gasteiger partial charge in [0.05, 0.1) is 12.8 Å². The van der Waals surface area contributed by atoms with Gasteiger partial charge >= 0.3 is 0 Å². The van der Waals surface area contributed by atoms with Crippen LogP contribution in [0.1, 0.15) is 23.2 Å². The van der Waals surface area contributed by atoms with Crippen molar-refractivity contribution in [2.75, 3.05) is 37.0 Å². The molecule has 1 unspecified atom stereocenters. The van der Waals surface area contributed by atoms with Crippen LogP contribution in [0.25, 0.3) is 0 Å². The Hall–Kier alpha value is -2.81. The number of hydrogen-bond donors (Lipinski definition) is 1. The van der Waals surface area contributed by atoms with Gasteiger partial charge in [0.2, 0.25) is 0 Å². The maximum absolute atomic E-state index is 9.38. The van der Waals surface area contributed by atoms with Gasteiger partial charge < -0.3 is 15.0 Å². The van der Waals surface area contributed by atoms with Crippen LogP contribution in [0.2, 0.25) is 0 Å². The number of methoxy groups -OCH3 is 1. The van der Waals surface area contributed by atoms with Gasteiger partial charge in [-0.3, -0.25) is 0 Å². The fraction of sp³-hybridized carbons (Fsp3) is 0.421. The molecule has 0 bridgehead atoms. The van der Waals surface area contributed by atoms with Crippen LogP contribution in [0.15, 0.2) is 24.3 Å². The lowest BCUT2D eigenvalue weighted by atomic mass is 10.1. The minimum Gasteiger partial charge on any atom is -0.497 e. The fourth-order valence-corrected chi connectivity index (χ4v) is 3.15. The van der Waals surface area contributed by atoms with Gasteiger partial charge in [-0.2, -0.15) is 10.4 Å². The Labute approximate surface area is 148 Å². The summed E-state index contributed by atoms with van der Waals surface area (Å²) >= 11 is 0. The predicted molar refractivity (Wildman–Crippen MR) is 98.0 cm³/mol. The maximum atomic E-state index is 9.38. The zero-order valence-electron chi connectivity index (χ0n) is 14.9. The first-order chi connectivity index (χ1) is 12.1. The highest BCUT2D eigenvalue weighted by molar-refractivity contribution is 5.56. The number of benzene rings is 1. The van der Waals surface area contributed by atoms with Crippen molar-refractivity contribution in [3.05, 3.63) is 41.1 Å². The second-order valence-electron chi connectivity index (χ2n) is 6.43.